The Morgan fingerprint density at radius 2 is 2.06 bits per heavy atom. The lowest BCUT2D eigenvalue weighted by atomic mass is 9.85. The molecule has 2 nitrogen and oxygen atoms in total. The van der Waals surface area contributed by atoms with E-state index in [9.17, 15) is 4.79 Å². The summed E-state index contributed by atoms with van der Waals surface area (Å²) in [5.74, 6) is 0.397. The zero-order valence-corrected chi connectivity index (χ0v) is 10.6. The summed E-state index contributed by atoms with van der Waals surface area (Å²) in [7, 11) is 1.37. The summed E-state index contributed by atoms with van der Waals surface area (Å²) in [4.78, 5) is 11.8. The monoisotopic (exact) mass is 253 g/mol. The normalized spacial score (nSPS) is 17.6. The van der Waals surface area contributed by atoms with Crippen molar-refractivity contribution in [2.24, 2.45) is 5.92 Å². The minimum Gasteiger partial charge on any atom is -0.339 e. The molecule has 1 aliphatic rings. The van der Waals surface area contributed by atoms with Crippen LogP contribution in [0.1, 0.15) is 30.2 Å². The molecule has 0 bridgehead atoms. The Morgan fingerprint density at radius 3 is 2.56 bits per heavy atom. The molecule has 4 heteroatoms. The van der Waals surface area contributed by atoms with Crippen LogP contribution >= 0.6 is 22.5 Å². The van der Waals surface area contributed by atoms with Crippen molar-refractivity contribution in [1.29, 1.82) is 0 Å². The predicted octanol–water partition coefficient (Wildman–Crippen LogP) is 3.18. The molecule has 1 N–H and O–H groups in total. The summed E-state index contributed by atoms with van der Waals surface area (Å²) in [6.07, 6.45) is 3.25. The van der Waals surface area contributed by atoms with Gasteiger partial charge in [-0.25, -0.2) is 0 Å². The Hall–Kier alpha value is -0.610. The molecular weight excluding hydrogens is 238 g/mol. The van der Waals surface area contributed by atoms with Crippen molar-refractivity contribution in [3.05, 3.63) is 35.9 Å². The summed E-state index contributed by atoms with van der Waals surface area (Å²) >= 11 is 4.22. The van der Waals surface area contributed by atoms with Crippen LogP contribution in [0.15, 0.2) is 30.3 Å². The molecule has 86 valence electrons. The van der Waals surface area contributed by atoms with Crippen molar-refractivity contribution in [3.8, 4) is 0 Å². The molecule has 2 rings (SSSR count). The first-order valence-corrected chi connectivity index (χ1v) is 7.40. The van der Waals surface area contributed by atoms with E-state index in [4.69, 9.17) is 0 Å². The van der Waals surface area contributed by atoms with E-state index in [0.717, 1.165) is 18.4 Å². The number of nitrogens with one attached hydrogen (secondary N) is 1. The molecule has 0 heterocycles. The van der Waals surface area contributed by atoms with E-state index in [2.05, 4.69) is 17.0 Å². The minimum atomic E-state index is -0.0439. The first-order valence-electron chi connectivity index (χ1n) is 5.47. The Balaban J connectivity index is 1.97. The van der Waals surface area contributed by atoms with Gasteiger partial charge in [0, 0.05) is 5.92 Å². The topological polar surface area (TPSA) is 29.1 Å². The average molecular weight is 253 g/mol. The number of hydrogen-bond acceptors (Lipinski definition) is 3. The Kier molecular flexibility index (Phi) is 4.18. The summed E-state index contributed by atoms with van der Waals surface area (Å²) in [6.45, 7) is 0. The fourth-order valence-electron chi connectivity index (χ4n) is 1.72. The highest BCUT2D eigenvalue weighted by Crippen LogP contribution is 2.31. The molecule has 1 atom stereocenters. The lowest BCUT2D eigenvalue weighted by molar-refractivity contribution is -0.127. The van der Waals surface area contributed by atoms with E-state index in [1.54, 1.807) is 0 Å². The molecule has 0 unspecified atom stereocenters. The van der Waals surface area contributed by atoms with Gasteiger partial charge in [-0.2, -0.15) is 0 Å². The predicted molar refractivity (Wildman–Crippen MR) is 71.2 cm³/mol. The molecule has 0 spiro atoms. The Morgan fingerprint density at radius 1 is 1.38 bits per heavy atom. The highest BCUT2D eigenvalue weighted by Gasteiger charge is 2.27. The number of amides is 1. The van der Waals surface area contributed by atoms with E-state index in [0.29, 0.717) is 0 Å². The zero-order valence-electron chi connectivity index (χ0n) is 8.93. The molecule has 1 amide bonds. The highest BCUT2D eigenvalue weighted by atomic mass is 33.1. The first-order chi connectivity index (χ1) is 7.81. The van der Waals surface area contributed by atoms with Gasteiger partial charge >= 0.3 is 0 Å². The van der Waals surface area contributed by atoms with Crippen LogP contribution in [0.2, 0.25) is 0 Å². The van der Waals surface area contributed by atoms with Gasteiger partial charge in [0.25, 0.3) is 0 Å². The molecule has 0 aliphatic heterocycles. The standard InChI is InChI=1S/C12H15NOS2/c14-11(9-7-4-8-9)13-12(16-15)10-5-2-1-3-6-10/h1-3,5-6,9,12,15H,4,7-8H2,(H,13,14)/t12-/m0/s1. The maximum absolute atomic E-state index is 11.8. The molecule has 0 aromatic heterocycles. The van der Waals surface area contributed by atoms with Crippen molar-refractivity contribution in [3.63, 3.8) is 0 Å². The second kappa shape index (κ2) is 5.64. The van der Waals surface area contributed by atoms with E-state index < -0.39 is 0 Å². The number of carbonyl (C=O) groups excluding carboxylic acids is 1. The molecule has 1 aliphatic carbocycles. The quantitative estimate of drug-likeness (QED) is 0.490. The fourth-order valence-corrected chi connectivity index (χ4v) is 2.69. The summed E-state index contributed by atoms with van der Waals surface area (Å²) < 4.78 is 0. The van der Waals surface area contributed by atoms with Crippen LogP contribution in [0.5, 0.6) is 0 Å². The molecule has 1 saturated carbocycles. The van der Waals surface area contributed by atoms with Crippen LogP contribution in [-0.4, -0.2) is 5.91 Å². The van der Waals surface area contributed by atoms with Gasteiger partial charge in [-0.3, -0.25) is 4.79 Å². The fraction of sp³-hybridized carbons (Fsp3) is 0.417. The molecular formula is C12H15NOS2. The third kappa shape index (κ3) is 2.74. The van der Waals surface area contributed by atoms with Crippen LogP contribution < -0.4 is 5.32 Å². The second-order valence-electron chi connectivity index (χ2n) is 4.03. The van der Waals surface area contributed by atoms with Crippen LogP contribution in [-0.2, 0) is 4.79 Å². The van der Waals surface area contributed by atoms with Crippen molar-refractivity contribution in [2.45, 2.75) is 24.6 Å². The van der Waals surface area contributed by atoms with Gasteiger partial charge in [-0.05, 0) is 18.4 Å². The van der Waals surface area contributed by atoms with Gasteiger partial charge in [0.2, 0.25) is 5.91 Å². The third-order valence-electron chi connectivity index (χ3n) is 2.96. The Bertz CT molecular complexity index is 351. The molecule has 0 radical (unpaired) electrons. The second-order valence-corrected chi connectivity index (χ2v) is 5.35. The van der Waals surface area contributed by atoms with E-state index in [1.165, 1.54) is 17.2 Å². The number of hydrogen-bond donors (Lipinski definition) is 2. The molecule has 16 heavy (non-hydrogen) atoms. The lowest BCUT2D eigenvalue weighted by Gasteiger charge is -2.26. The van der Waals surface area contributed by atoms with Crippen molar-refractivity contribution in [2.75, 3.05) is 0 Å². The summed E-state index contributed by atoms with van der Waals surface area (Å²) in [5, 5.41) is 2.99. The Labute approximate surface area is 105 Å². The van der Waals surface area contributed by atoms with Gasteiger partial charge in [-0.15, -0.1) is 11.7 Å². The van der Waals surface area contributed by atoms with Gasteiger partial charge < -0.3 is 5.32 Å². The maximum atomic E-state index is 11.8. The molecule has 1 fully saturated rings. The van der Waals surface area contributed by atoms with Crippen LogP contribution in [0.25, 0.3) is 0 Å². The van der Waals surface area contributed by atoms with Crippen molar-refractivity contribution < 1.29 is 4.79 Å². The van der Waals surface area contributed by atoms with Crippen molar-refractivity contribution in [1.82, 2.24) is 5.32 Å². The molecule has 0 saturated heterocycles. The first kappa shape index (κ1) is 11.9. The van der Waals surface area contributed by atoms with Crippen molar-refractivity contribution >= 4 is 28.4 Å². The maximum Gasteiger partial charge on any atom is 0.224 e. The minimum absolute atomic E-state index is 0.0439. The number of thiol groups is 1. The van der Waals surface area contributed by atoms with Gasteiger partial charge in [0.05, 0.1) is 0 Å². The SMILES string of the molecule is O=C(N[C@@H](SS)c1ccccc1)C1CCC1. The largest absolute Gasteiger partial charge is 0.339 e. The van der Waals surface area contributed by atoms with E-state index in [1.807, 2.05) is 30.3 Å². The van der Waals surface area contributed by atoms with Gasteiger partial charge in [0.1, 0.15) is 5.37 Å². The van der Waals surface area contributed by atoms with Crippen LogP contribution in [0.3, 0.4) is 0 Å². The van der Waals surface area contributed by atoms with Gasteiger partial charge in [-0.1, -0.05) is 47.5 Å². The number of carbonyl (C=O) groups is 1. The molecule has 1 aromatic rings. The molecule has 1 aromatic carbocycles. The van der Waals surface area contributed by atoms with Gasteiger partial charge in [0.15, 0.2) is 0 Å². The van der Waals surface area contributed by atoms with E-state index in [-0.39, 0.29) is 17.2 Å². The third-order valence-corrected chi connectivity index (χ3v) is 4.19. The average Bonchev–Trinajstić information content (AvgIpc) is 2.24. The lowest BCUT2D eigenvalue weighted by Crippen LogP contribution is -2.35. The summed E-state index contributed by atoms with van der Waals surface area (Å²) in [6, 6.07) is 9.94. The van der Waals surface area contributed by atoms with Crippen LogP contribution in [0, 0.1) is 5.92 Å². The van der Waals surface area contributed by atoms with Crippen LogP contribution in [0.4, 0.5) is 0 Å². The van der Waals surface area contributed by atoms with E-state index >= 15 is 0 Å². The zero-order chi connectivity index (χ0) is 11.4. The highest BCUT2D eigenvalue weighted by molar-refractivity contribution is 8.68. The summed E-state index contributed by atoms with van der Waals surface area (Å²) in [5.41, 5.74) is 1.09. The number of rotatable bonds is 4. The smallest absolute Gasteiger partial charge is 0.224 e. The number of benzene rings is 1.